The molecule has 0 spiro atoms. The standard InChI is InChI=1S/C17H28O5/c18-17(22-16-6-2-4-12-20-16)13-7-9-14(10-8-13)21-15-5-1-3-11-19-15/h13-16H,1-12H2/t13?,14?,15-,16-/m1/s1. The Balaban J connectivity index is 1.36. The van der Waals surface area contributed by atoms with Crippen LogP contribution in [-0.2, 0) is 23.7 Å². The lowest BCUT2D eigenvalue weighted by Crippen LogP contribution is -2.34. The van der Waals surface area contributed by atoms with Crippen molar-refractivity contribution in [2.75, 3.05) is 13.2 Å². The van der Waals surface area contributed by atoms with Crippen LogP contribution in [0.3, 0.4) is 0 Å². The maximum atomic E-state index is 12.2. The van der Waals surface area contributed by atoms with Crippen molar-refractivity contribution in [3.8, 4) is 0 Å². The van der Waals surface area contributed by atoms with Crippen LogP contribution in [0.2, 0.25) is 0 Å². The second kappa shape index (κ2) is 8.27. The average Bonchev–Trinajstić information content (AvgIpc) is 2.57. The summed E-state index contributed by atoms with van der Waals surface area (Å²) in [4.78, 5) is 12.2. The Kier molecular flexibility index (Phi) is 6.10. The van der Waals surface area contributed by atoms with Gasteiger partial charge in [0.2, 0.25) is 6.29 Å². The van der Waals surface area contributed by atoms with Crippen LogP contribution in [0.1, 0.15) is 64.2 Å². The molecule has 2 aliphatic heterocycles. The first kappa shape index (κ1) is 16.2. The molecule has 3 fully saturated rings. The molecule has 5 nitrogen and oxygen atoms in total. The number of ether oxygens (including phenoxy) is 4. The minimum atomic E-state index is -0.314. The Hall–Kier alpha value is -0.650. The number of carbonyl (C=O) groups excluding carboxylic acids is 1. The van der Waals surface area contributed by atoms with Crippen molar-refractivity contribution in [3.05, 3.63) is 0 Å². The summed E-state index contributed by atoms with van der Waals surface area (Å²) in [7, 11) is 0. The molecule has 3 rings (SSSR count). The molecule has 2 atom stereocenters. The Morgan fingerprint density at radius 2 is 1.41 bits per heavy atom. The third-order valence-electron chi connectivity index (χ3n) is 4.88. The van der Waals surface area contributed by atoms with Crippen LogP contribution in [0.15, 0.2) is 0 Å². The molecular weight excluding hydrogens is 284 g/mol. The number of rotatable bonds is 4. The summed E-state index contributed by atoms with van der Waals surface area (Å²) in [5.74, 6) is -0.0723. The molecule has 2 saturated heterocycles. The second-order valence-electron chi connectivity index (χ2n) is 6.64. The van der Waals surface area contributed by atoms with Crippen LogP contribution < -0.4 is 0 Å². The Morgan fingerprint density at radius 1 is 0.773 bits per heavy atom. The van der Waals surface area contributed by atoms with E-state index in [2.05, 4.69) is 0 Å². The van der Waals surface area contributed by atoms with E-state index in [1.807, 2.05) is 0 Å². The van der Waals surface area contributed by atoms with E-state index in [1.165, 1.54) is 6.42 Å². The van der Waals surface area contributed by atoms with Gasteiger partial charge in [0.1, 0.15) is 0 Å². The molecule has 0 bridgehead atoms. The highest BCUT2D eigenvalue weighted by Crippen LogP contribution is 2.30. The Bertz CT molecular complexity index is 339. The van der Waals surface area contributed by atoms with Crippen molar-refractivity contribution in [2.24, 2.45) is 5.92 Å². The van der Waals surface area contributed by atoms with E-state index < -0.39 is 0 Å². The van der Waals surface area contributed by atoms with Gasteiger partial charge in [-0.2, -0.15) is 0 Å². The van der Waals surface area contributed by atoms with E-state index in [-0.39, 0.29) is 30.6 Å². The first-order valence-corrected chi connectivity index (χ1v) is 8.90. The van der Waals surface area contributed by atoms with Crippen molar-refractivity contribution in [3.63, 3.8) is 0 Å². The molecule has 0 aromatic heterocycles. The second-order valence-corrected chi connectivity index (χ2v) is 6.64. The molecule has 0 aromatic carbocycles. The predicted molar refractivity (Wildman–Crippen MR) is 80.1 cm³/mol. The van der Waals surface area contributed by atoms with E-state index in [0.717, 1.165) is 64.4 Å². The van der Waals surface area contributed by atoms with Gasteiger partial charge < -0.3 is 18.9 Å². The summed E-state index contributed by atoms with van der Waals surface area (Å²) in [6.07, 6.45) is 9.75. The van der Waals surface area contributed by atoms with Gasteiger partial charge in [0, 0.05) is 13.0 Å². The van der Waals surface area contributed by atoms with Gasteiger partial charge in [0.05, 0.1) is 18.6 Å². The van der Waals surface area contributed by atoms with Crippen LogP contribution in [0.25, 0.3) is 0 Å². The van der Waals surface area contributed by atoms with E-state index in [0.29, 0.717) is 6.61 Å². The quantitative estimate of drug-likeness (QED) is 0.746. The summed E-state index contributed by atoms with van der Waals surface area (Å²) in [5, 5.41) is 0. The fourth-order valence-electron chi connectivity index (χ4n) is 3.50. The topological polar surface area (TPSA) is 54.0 Å². The molecule has 1 aliphatic carbocycles. The van der Waals surface area contributed by atoms with Gasteiger partial charge >= 0.3 is 5.97 Å². The molecule has 126 valence electrons. The van der Waals surface area contributed by atoms with Gasteiger partial charge in [-0.25, -0.2) is 0 Å². The van der Waals surface area contributed by atoms with Crippen LogP contribution >= 0.6 is 0 Å². The summed E-state index contributed by atoms with van der Waals surface area (Å²) in [5.41, 5.74) is 0. The smallest absolute Gasteiger partial charge is 0.311 e. The highest BCUT2D eigenvalue weighted by atomic mass is 16.7. The summed E-state index contributed by atoms with van der Waals surface area (Å²) in [6, 6.07) is 0. The molecule has 0 aromatic rings. The number of hydrogen-bond donors (Lipinski definition) is 0. The van der Waals surface area contributed by atoms with Crippen LogP contribution in [0, 0.1) is 5.92 Å². The molecule has 3 aliphatic rings. The fraction of sp³-hybridized carbons (Fsp3) is 0.941. The van der Waals surface area contributed by atoms with Gasteiger partial charge in [-0.05, 0) is 57.8 Å². The minimum Gasteiger partial charge on any atom is -0.436 e. The molecule has 2 heterocycles. The Labute approximate surface area is 132 Å². The van der Waals surface area contributed by atoms with E-state index >= 15 is 0 Å². The molecule has 5 heteroatoms. The van der Waals surface area contributed by atoms with E-state index in [1.54, 1.807) is 0 Å². The largest absolute Gasteiger partial charge is 0.436 e. The molecular formula is C17H28O5. The molecule has 0 N–H and O–H groups in total. The van der Waals surface area contributed by atoms with Crippen molar-refractivity contribution in [1.82, 2.24) is 0 Å². The number of hydrogen-bond acceptors (Lipinski definition) is 5. The van der Waals surface area contributed by atoms with Gasteiger partial charge in [-0.1, -0.05) is 0 Å². The maximum absolute atomic E-state index is 12.2. The first-order valence-electron chi connectivity index (χ1n) is 8.90. The fourth-order valence-corrected chi connectivity index (χ4v) is 3.50. The summed E-state index contributed by atoms with van der Waals surface area (Å²) < 4.78 is 22.6. The maximum Gasteiger partial charge on any atom is 0.311 e. The average molecular weight is 312 g/mol. The number of esters is 1. The van der Waals surface area contributed by atoms with Gasteiger partial charge in [0.25, 0.3) is 0 Å². The van der Waals surface area contributed by atoms with Crippen LogP contribution in [0.5, 0.6) is 0 Å². The van der Waals surface area contributed by atoms with Crippen LogP contribution in [-0.4, -0.2) is 37.9 Å². The van der Waals surface area contributed by atoms with Crippen LogP contribution in [0.4, 0.5) is 0 Å². The van der Waals surface area contributed by atoms with E-state index in [9.17, 15) is 4.79 Å². The van der Waals surface area contributed by atoms with Crippen molar-refractivity contribution in [2.45, 2.75) is 82.9 Å². The molecule has 1 saturated carbocycles. The summed E-state index contributed by atoms with van der Waals surface area (Å²) in [6.45, 7) is 1.52. The van der Waals surface area contributed by atoms with Crippen molar-refractivity contribution >= 4 is 5.97 Å². The lowest BCUT2D eigenvalue weighted by molar-refractivity contribution is -0.201. The van der Waals surface area contributed by atoms with E-state index in [4.69, 9.17) is 18.9 Å². The zero-order valence-electron chi connectivity index (χ0n) is 13.3. The number of carbonyl (C=O) groups is 1. The van der Waals surface area contributed by atoms with Crippen molar-refractivity contribution in [1.29, 1.82) is 0 Å². The highest BCUT2D eigenvalue weighted by molar-refractivity contribution is 5.72. The van der Waals surface area contributed by atoms with Gasteiger partial charge in [0.15, 0.2) is 6.29 Å². The monoisotopic (exact) mass is 312 g/mol. The zero-order valence-corrected chi connectivity index (χ0v) is 13.3. The third-order valence-corrected chi connectivity index (χ3v) is 4.88. The molecule has 0 unspecified atom stereocenters. The Morgan fingerprint density at radius 3 is 2.00 bits per heavy atom. The molecule has 0 amide bonds. The van der Waals surface area contributed by atoms with Gasteiger partial charge in [-0.3, -0.25) is 4.79 Å². The first-order chi connectivity index (χ1) is 10.8. The highest BCUT2D eigenvalue weighted by Gasteiger charge is 2.31. The molecule has 0 radical (unpaired) electrons. The molecule has 22 heavy (non-hydrogen) atoms. The normalized spacial score (nSPS) is 36.7. The third kappa shape index (κ3) is 4.67. The predicted octanol–water partition coefficient (Wildman–Crippen LogP) is 3.16. The zero-order chi connectivity index (χ0) is 15.2. The summed E-state index contributed by atoms with van der Waals surface area (Å²) >= 11 is 0. The lowest BCUT2D eigenvalue weighted by Gasteiger charge is -2.32. The van der Waals surface area contributed by atoms with Gasteiger partial charge in [-0.15, -0.1) is 0 Å². The van der Waals surface area contributed by atoms with Crippen molar-refractivity contribution < 1.29 is 23.7 Å². The minimum absolute atomic E-state index is 0.0117. The lowest BCUT2D eigenvalue weighted by atomic mass is 9.87. The SMILES string of the molecule is O=C(O[C@@H]1CCCCO1)C1CCC(O[C@@H]2CCCCO2)CC1.